The van der Waals surface area contributed by atoms with Gasteiger partial charge in [-0.2, -0.15) is 0 Å². The van der Waals surface area contributed by atoms with Crippen molar-refractivity contribution in [1.29, 1.82) is 0 Å². The van der Waals surface area contributed by atoms with Crippen LogP contribution >= 0.6 is 0 Å². The molecule has 1 aliphatic rings. The summed E-state index contributed by atoms with van der Waals surface area (Å²) in [5.74, 6) is -3.61. The van der Waals surface area contributed by atoms with Crippen molar-refractivity contribution in [3.63, 3.8) is 0 Å². The van der Waals surface area contributed by atoms with Gasteiger partial charge in [0.05, 0.1) is 4.92 Å². The van der Waals surface area contributed by atoms with Gasteiger partial charge in [0.2, 0.25) is 12.4 Å². The van der Waals surface area contributed by atoms with Crippen molar-refractivity contribution >= 4 is 35.9 Å². The lowest BCUT2D eigenvalue weighted by molar-refractivity contribution is -0.387. The molecule has 1 fully saturated rings. The number of esters is 4. The molecule has 14 nitrogen and oxygen atoms in total. The molecule has 0 aromatic heterocycles. The second kappa shape index (κ2) is 11.9. The SMILES string of the molecule is CC(=O)OC[C@H]1O[C@@H](Oc2ccc(C=O)cc2[N+](=O)[O-])[C@H](OC(C)=O)[C@@H](OC(C)=O)[C@H]1OC(C)=O. The molecular weight excluding hydrogens is 474 g/mol. The van der Waals surface area contributed by atoms with E-state index in [2.05, 4.69) is 0 Å². The van der Waals surface area contributed by atoms with Crippen molar-refractivity contribution < 1.29 is 57.3 Å². The Balaban J connectivity index is 2.55. The van der Waals surface area contributed by atoms with Crippen LogP contribution in [-0.2, 0) is 42.9 Å². The summed E-state index contributed by atoms with van der Waals surface area (Å²) in [6, 6.07) is 3.31. The van der Waals surface area contributed by atoms with E-state index in [1.807, 2.05) is 0 Å². The molecule has 35 heavy (non-hydrogen) atoms. The quantitative estimate of drug-likeness (QED) is 0.154. The van der Waals surface area contributed by atoms with Crippen molar-refractivity contribution in [3.8, 4) is 5.75 Å². The summed E-state index contributed by atoms with van der Waals surface area (Å²) in [4.78, 5) is 68.5. The fraction of sp³-hybridized carbons (Fsp3) is 0.476. The molecule has 1 aromatic carbocycles. The van der Waals surface area contributed by atoms with Crippen molar-refractivity contribution in [1.82, 2.24) is 0 Å². The third kappa shape index (κ3) is 7.46. The molecule has 14 heteroatoms. The normalized spacial score (nSPS) is 23.4. The summed E-state index contributed by atoms with van der Waals surface area (Å²) in [6.45, 7) is 3.76. The average Bonchev–Trinajstić information content (AvgIpc) is 2.75. The van der Waals surface area contributed by atoms with Gasteiger partial charge >= 0.3 is 29.6 Å². The highest BCUT2D eigenvalue weighted by Crippen LogP contribution is 2.34. The number of benzene rings is 1. The molecule has 0 N–H and O–H groups in total. The minimum Gasteiger partial charge on any atom is -0.463 e. The van der Waals surface area contributed by atoms with E-state index in [1.54, 1.807) is 0 Å². The summed E-state index contributed by atoms with van der Waals surface area (Å²) in [5.41, 5.74) is -0.618. The average molecular weight is 497 g/mol. The lowest BCUT2D eigenvalue weighted by Crippen LogP contribution is -2.63. The Morgan fingerprint density at radius 1 is 0.943 bits per heavy atom. The van der Waals surface area contributed by atoms with Crippen LogP contribution in [0.25, 0.3) is 0 Å². The predicted molar refractivity (Wildman–Crippen MR) is 111 cm³/mol. The van der Waals surface area contributed by atoms with E-state index >= 15 is 0 Å². The molecule has 0 radical (unpaired) electrons. The van der Waals surface area contributed by atoms with Gasteiger partial charge in [-0.15, -0.1) is 0 Å². The number of rotatable bonds is 9. The second-order valence-electron chi connectivity index (χ2n) is 7.29. The highest BCUT2D eigenvalue weighted by molar-refractivity contribution is 5.77. The predicted octanol–water partition coefficient (Wildman–Crippen LogP) is 0.869. The third-order valence-corrected chi connectivity index (χ3v) is 4.51. The van der Waals surface area contributed by atoms with Crippen LogP contribution in [0, 0.1) is 10.1 Å². The van der Waals surface area contributed by atoms with E-state index < -0.39 is 71.8 Å². The molecule has 1 heterocycles. The summed E-state index contributed by atoms with van der Waals surface area (Å²) in [6.07, 6.45) is -7.04. The molecule has 0 spiro atoms. The minimum atomic E-state index is -1.66. The van der Waals surface area contributed by atoms with Gasteiger partial charge in [-0.1, -0.05) is 0 Å². The molecule has 0 saturated carbocycles. The zero-order valence-electron chi connectivity index (χ0n) is 19.2. The van der Waals surface area contributed by atoms with E-state index in [9.17, 15) is 34.1 Å². The number of carbonyl (C=O) groups excluding carboxylic acids is 5. The van der Waals surface area contributed by atoms with Crippen LogP contribution in [0.1, 0.15) is 38.1 Å². The first kappa shape index (κ1) is 27.2. The zero-order valence-corrected chi connectivity index (χ0v) is 19.2. The van der Waals surface area contributed by atoms with Gasteiger partial charge < -0.3 is 28.4 Å². The van der Waals surface area contributed by atoms with E-state index in [-0.39, 0.29) is 11.3 Å². The van der Waals surface area contributed by atoms with Crippen LogP contribution in [0.3, 0.4) is 0 Å². The number of hydrogen-bond donors (Lipinski definition) is 0. The zero-order chi connectivity index (χ0) is 26.3. The van der Waals surface area contributed by atoms with Gasteiger partial charge in [0.1, 0.15) is 19.0 Å². The van der Waals surface area contributed by atoms with Crippen LogP contribution in [0.5, 0.6) is 5.75 Å². The van der Waals surface area contributed by atoms with Gasteiger partial charge in [0.25, 0.3) is 0 Å². The molecule has 1 aliphatic heterocycles. The topological polar surface area (TPSA) is 184 Å². The number of aldehydes is 1. The highest BCUT2D eigenvalue weighted by Gasteiger charge is 2.53. The first-order valence-electron chi connectivity index (χ1n) is 10.1. The standard InChI is InChI=1S/C21H23NO13/c1-10(24)30-9-17-18(31-11(2)25)19(32-12(3)26)20(33-13(4)27)21(35-17)34-16-6-5-14(8-23)7-15(16)22(28)29/h5-8,17-21H,9H2,1-4H3/t17-,18+,19+,20-,21-/m1/s1. The fourth-order valence-corrected chi connectivity index (χ4v) is 3.26. The van der Waals surface area contributed by atoms with Crippen molar-refractivity contribution in [2.24, 2.45) is 0 Å². The molecule has 1 aromatic rings. The van der Waals surface area contributed by atoms with Gasteiger partial charge in [-0.25, -0.2) is 0 Å². The summed E-state index contributed by atoms with van der Waals surface area (Å²) in [7, 11) is 0. The van der Waals surface area contributed by atoms with Gasteiger partial charge in [0, 0.05) is 39.3 Å². The summed E-state index contributed by atoms with van der Waals surface area (Å²) >= 11 is 0. The molecule has 5 atom stereocenters. The number of nitro groups is 1. The smallest absolute Gasteiger partial charge is 0.311 e. The number of hydrogen-bond acceptors (Lipinski definition) is 13. The molecule has 1 saturated heterocycles. The third-order valence-electron chi connectivity index (χ3n) is 4.51. The van der Waals surface area contributed by atoms with Gasteiger partial charge in [-0.3, -0.25) is 34.1 Å². The van der Waals surface area contributed by atoms with Crippen LogP contribution in [0.15, 0.2) is 18.2 Å². The minimum absolute atomic E-state index is 0.00871. The highest BCUT2D eigenvalue weighted by atomic mass is 16.7. The largest absolute Gasteiger partial charge is 0.463 e. The molecule has 0 unspecified atom stereocenters. The molecule has 190 valence electrons. The Labute approximate surface area is 198 Å². The summed E-state index contributed by atoms with van der Waals surface area (Å²) < 4.78 is 32.0. The van der Waals surface area contributed by atoms with Crippen LogP contribution in [0.4, 0.5) is 5.69 Å². The lowest BCUT2D eigenvalue weighted by atomic mass is 9.98. The van der Waals surface area contributed by atoms with Crippen LogP contribution < -0.4 is 4.74 Å². The van der Waals surface area contributed by atoms with E-state index in [1.165, 1.54) is 6.07 Å². The number of carbonyl (C=O) groups is 5. The Kier molecular flexibility index (Phi) is 9.22. The molecule has 2 rings (SSSR count). The second-order valence-corrected chi connectivity index (χ2v) is 7.29. The maximum absolute atomic E-state index is 11.8. The number of nitrogens with zero attached hydrogens (tertiary/aromatic N) is 1. The maximum atomic E-state index is 11.8. The van der Waals surface area contributed by atoms with E-state index in [0.717, 1.165) is 39.8 Å². The maximum Gasteiger partial charge on any atom is 0.311 e. The number of nitro benzene ring substituents is 1. The monoisotopic (exact) mass is 497 g/mol. The Hall–Kier alpha value is -4.07. The van der Waals surface area contributed by atoms with E-state index in [4.69, 9.17) is 28.4 Å². The Morgan fingerprint density at radius 3 is 2.03 bits per heavy atom. The Morgan fingerprint density at radius 2 is 1.51 bits per heavy atom. The summed E-state index contributed by atoms with van der Waals surface area (Å²) in [5, 5.41) is 11.5. The van der Waals surface area contributed by atoms with E-state index in [0.29, 0.717) is 6.29 Å². The van der Waals surface area contributed by atoms with Crippen LogP contribution in [-0.4, -0.2) is 72.4 Å². The van der Waals surface area contributed by atoms with Crippen molar-refractivity contribution in [2.45, 2.75) is 58.4 Å². The number of ether oxygens (including phenoxy) is 6. The van der Waals surface area contributed by atoms with Crippen molar-refractivity contribution in [3.05, 3.63) is 33.9 Å². The van der Waals surface area contributed by atoms with Gasteiger partial charge in [0.15, 0.2) is 18.0 Å². The first-order chi connectivity index (χ1) is 16.4. The molecular formula is C21H23NO13. The first-order valence-corrected chi connectivity index (χ1v) is 10.1. The molecule has 0 aliphatic carbocycles. The molecule has 0 bridgehead atoms. The van der Waals surface area contributed by atoms with Crippen molar-refractivity contribution in [2.75, 3.05) is 6.61 Å². The van der Waals surface area contributed by atoms with Gasteiger partial charge in [-0.05, 0) is 12.1 Å². The lowest BCUT2D eigenvalue weighted by Gasteiger charge is -2.43. The van der Waals surface area contributed by atoms with Crippen LogP contribution in [0.2, 0.25) is 0 Å². The molecule has 0 amide bonds. The Bertz CT molecular complexity index is 1010. The fourth-order valence-electron chi connectivity index (χ4n) is 3.26.